The highest BCUT2D eigenvalue weighted by Gasteiger charge is 2.36. The van der Waals surface area contributed by atoms with E-state index in [0.29, 0.717) is 29.8 Å². The monoisotopic (exact) mass is 478 g/mol. The van der Waals surface area contributed by atoms with E-state index in [4.69, 9.17) is 0 Å². The largest absolute Gasteiger partial charge is 0.416 e. The number of rotatable bonds is 9. The summed E-state index contributed by atoms with van der Waals surface area (Å²) in [6.07, 6.45) is 3.34. The molecule has 0 spiro atoms. The number of alkyl halides is 3. The van der Waals surface area contributed by atoms with Crippen molar-refractivity contribution in [1.29, 1.82) is 0 Å². The Labute approximate surface area is 198 Å². The molecule has 1 aliphatic heterocycles. The quantitative estimate of drug-likeness (QED) is 0.545. The summed E-state index contributed by atoms with van der Waals surface area (Å²) in [6.45, 7) is 3.94. The lowest BCUT2D eigenvalue weighted by Crippen LogP contribution is -2.54. The average Bonchev–Trinajstić information content (AvgIpc) is 2.79. The SMILES string of the molecule is CCCC(O)C1CCC(N2CC(CC(=O)CNc3ncnc4ccc(C(F)(F)F)cc34)C2)CC1. The summed E-state index contributed by atoms with van der Waals surface area (Å²) < 4.78 is 39.2. The van der Waals surface area contributed by atoms with Crippen LogP contribution in [0.15, 0.2) is 24.5 Å². The molecular formula is C25H33F3N4O2. The number of nitrogens with zero attached hydrogens (tertiary/aromatic N) is 3. The van der Waals surface area contributed by atoms with Crippen molar-refractivity contribution in [3.63, 3.8) is 0 Å². The Balaban J connectivity index is 1.23. The Morgan fingerprint density at radius 3 is 2.62 bits per heavy atom. The average molecular weight is 479 g/mol. The number of halogens is 3. The molecular weight excluding hydrogens is 445 g/mol. The molecule has 0 radical (unpaired) electrons. The number of fused-ring (bicyclic) bond motifs is 1. The van der Waals surface area contributed by atoms with Crippen LogP contribution >= 0.6 is 0 Å². The Bertz CT molecular complexity index is 986. The van der Waals surface area contributed by atoms with Crippen LogP contribution in [0, 0.1) is 11.8 Å². The summed E-state index contributed by atoms with van der Waals surface area (Å²) in [5, 5.41) is 13.4. The van der Waals surface area contributed by atoms with Gasteiger partial charge in [-0.1, -0.05) is 13.3 Å². The highest BCUT2D eigenvalue weighted by molar-refractivity contribution is 5.91. The van der Waals surface area contributed by atoms with Crippen LogP contribution in [0.5, 0.6) is 0 Å². The van der Waals surface area contributed by atoms with Crippen LogP contribution in [0.3, 0.4) is 0 Å². The van der Waals surface area contributed by atoms with Gasteiger partial charge in [-0.25, -0.2) is 9.97 Å². The fourth-order valence-corrected chi connectivity index (χ4v) is 5.37. The van der Waals surface area contributed by atoms with Crippen LogP contribution in [0.1, 0.15) is 57.4 Å². The first-order chi connectivity index (χ1) is 16.2. The van der Waals surface area contributed by atoms with E-state index in [1.54, 1.807) is 0 Å². The molecule has 2 N–H and O–H groups in total. The Hall–Kier alpha value is -2.26. The van der Waals surface area contributed by atoms with Crippen LogP contribution in [0.4, 0.5) is 19.0 Å². The van der Waals surface area contributed by atoms with E-state index in [2.05, 4.69) is 27.1 Å². The zero-order valence-corrected chi connectivity index (χ0v) is 19.5. The van der Waals surface area contributed by atoms with E-state index in [1.165, 1.54) is 12.4 Å². The van der Waals surface area contributed by atoms with Crippen molar-refractivity contribution in [2.75, 3.05) is 25.0 Å². The van der Waals surface area contributed by atoms with Crippen molar-refractivity contribution in [1.82, 2.24) is 14.9 Å². The summed E-state index contributed by atoms with van der Waals surface area (Å²) in [7, 11) is 0. The van der Waals surface area contributed by atoms with Crippen LogP contribution in [0.2, 0.25) is 0 Å². The summed E-state index contributed by atoms with van der Waals surface area (Å²) in [6, 6.07) is 3.87. The van der Waals surface area contributed by atoms with Gasteiger partial charge in [-0.2, -0.15) is 13.2 Å². The van der Waals surface area contributed by atoms with Gasteiger partial charge in [0, 0.05) is 30.9 Å². The molecule has 1 aromatic heterocycles. The zero-order chi connectivity index (χ0) is 24.3. The second kappa shape index (κ2) is 10.6. The number of carbonyl (C=O) groups excluding carboxylic acids is 1. The molecule has 0 amide bonds. The molecule has 1 saturated carbocycles. The third-order valence-corrected chi connectivity index (χ3v) is 7.30. The molecule has 1 unspecified atom stereocenters. The number of carbonyl (C=O) groups is 1. The molecule has 186 valence electrons. The first-order valence-electron chi connectivity index (χ1n) is 12.2. The molecule has 1 saturated heterocycles. The molecule has 34 heavy (non-hydrogen) atoms. The molecule has 2 aliphatic rings. The Morgan fingerprint density at radius 2 is 1.94 bits per heavy atom. The molecule has 2 heterocycles. The fraction of sp³-hybridized carbons (Fsp3) is 0.640. The van der Waals surface area contributed by atoms with Gasteiger partial charge < -0.3 is 10.4 Å². The van der Waals surface area contributed by atoms with Gasteiger partial charge >= 0.3 is 6.18 Å². The number of aliphatic hydroxyl groups is 1. The van der Waals surface area contributed by atoms with Gasteiger partial charge in [-0.05, 0) is 62.1 Å². The van der Waals surface area contributed by atoms with Crippen molar-refractivity contribution in [2.24, 2.45) is 11.8 Å². The standard InChI is InChI=1S/C25H33F3N4O2/c1-2-3-23(34)17-4-7-19(8-5-17)32-13-16(14-32)10-20(33)12-29-24-21-11-18(25(26,27)28)6-9-22(21)30-15-31-24/h6,9,11,15-17,19,23,34H,2-5,7-8,10,12-14H2,1H3,(H,29,30,31). The molecule has 1 atom stereocenters. The third-order valence-electron chi connectivity index (χ3n) is 7.30. The number of anilines is 1. The maximum Gasteiger partial charge on any atom is 0.416 e. The second-order valence-corrected chi connectivity index (χ2v) is 9.79. The normalized spacial score (nSPS) is 23.0. The Kier molecular flexibility index (Phi) is 7.72. The van der Waals surface area contributed by atoms with E-state index in [9.17, 15) is 23.1 Å². The smallest absolute Gasteiger partial charge is 0.393 e. The van der Waals surface area contributed by atoms with Crippen LogP contribution < -0.4 is 5.32 Å². The number of nitrogens with one attached hydrogen (secondary N) is 1. The van der Waals surface area contributed by atoms with Crippen molar-refractivity contribution >= 4 is 22.5 Å². The summed E-state index contributed by atoms with van der Waals surface area (Å²) >= 11 is 0. The predicted molar refractivity (Wildman–Crippen MR) is 124 cm³/mol. The van der Waals surface area contributed by atoms with E-state index >= 15 is 0 Å². The van der Waals surface area contributed by atoms with Crippen LogP contribution in [-0.2, 0) is 11.0 Å². The minimum absolute atomic E-state index is 0.0229. The van der Waals surface area contributed by atoms with Gasteiger partial charge in [0.2, 0.25) is 0 Å². The first-order valence-corrected chi connectivity index (χ1v) is 12.2. The maximum absolute atomic E-state index is 13.1. The fourth-order valence-electron chi connectivity index (χ4n) is 5.37. The Morgan fingerprint density at radius 1 is 1.21 bits per heavy atom. The van der Waals surface area contributed by atoms with Gasteiger partial charge in [0.05, 0.1) is 23.7 Å². The minimum atomic E-state index is -4.46. The summed E-state index contributed by atoms with van der Waals surface area (Å²) in [5.74, 6) is 0.999. The van der Waals surface area contributed by atoms with Crippen molar-refractivity contribution in [2.45, 2.75) is 70.2 Å². The van der Waals surface area contributed by atoms with Crippen LogP contribution in [0.25, 0.3) is 10.9 Å². The number of hydrogen-bond donors (Lipinski definition) is 2. The predicted octanol–water partition coefficient (Wildman–Crippen LogP) is 4.67. The van der Waals surface area contributed by atoms with Gasteiger partial charge in [-0.3, -0.25) is 9.69 Å². The zero-order valence-electron chi connectivity index (χ0n) is 19.5. The van der Waals surface area contributed by atoms with Crippen molar-refractivity contribution in [3.8, 4) is 0 Å². The maximum atomic E-state index is 13.1. The molecule has 1 aliphatic carbocycles. The van der Waals surface area contributed by atoms with Gasteiger partial charge in [-0.15, -0.1) is 0 Å². The number of likely N-dealkylation sites (tertiary alicyclic amines) is 1. The lowest BCUT2D eigenvalue weighted by atomic mass is 9.79. The number of hydrogen-bond acceptors (Lipinski definition) is 6. The second-order valence-electron chi connectivity index (χ2n) is 9.79. The van der Waals surface area contributed by atoms with Gasteiger partial charge in [0.1, 0.15) is 12.1 Å². The molecule has 9 heteroatoms. The van der Waals surface area contributed by atoms with E-state index in [-0.39, 0.29) is 29.6 Å². The molecule has 1 aromatic carbocycles. The highest BCUT2D eigenvalue weighted by atomic mass is 19.4. The third kappa shape index (κ3) is 5.86. The number of ketones is 1. The summed E-state index contributed by atoms with van der Waals surface area (Å²) in [4.78, 5) is 23.0. The van der Waals surface area contributed by atoms with E-state index in [1.807, 2.05) is 0 Å². The van der Waals surface area contributed by atoms with E-state index in [0.717, 1.165) is 63.7 Å². The van der Waals surface area contributed by atoms with Crippen LogP contribution in [-0.4, -0.2) is 57.5 Å². The van der Waals surface area contributed by atoms with Gasteiger partial charge in [0.15, 0.2) is 5.78 Å². The van der Waals surface area contributed by atoms with Crippen molar-refractivity contribution < 1.29 is 23.1 Å². The van der Waals surface area contributed by atoms with E-state index < -0.39 is 11.7 Å². The van der Waals surface area contributed by atoms with Gasteiger partial charge in [0.25, 0.3) is 0 Å². The molecule has 6 nitrogen and oxygen atoms in total. The highest BCUT2D eigenvalue weighted by Crippen LogP contribution is 2.35. The first kappa shape index (κ1) is 24.9. The summed E-state index contributed by atoms with van der Waals surface area (Å²) in [5.41, 5.74) is -0.378. The topological polar surface area (TPSA) is 78.4 Å². The lowest BCUT2D eigenvalue weighted by Gasteiger charge is -2.47. The number of Topliss-reactive ketones (excluding diaryl/α,β-unsaturated/α-hetero) is 1. The lowest BCUT2D eigenvalue weighted by molar-refractivity contribution is -0.137. The van der Waals surface area contributed by atoms with Crippen molar-refractivity contribution in [3.05, 3.63) is 30.1 Å². The number of benzene rings is 1. The number of aromatic nitrogens is 2. The molecule has 2 fully saturated rings. The molecule has 4 rings (SSSR count). The molecule has 0 bridgehead atoms. The minimum Gasteiger partial charge on any atom is -0.393 e. The molecule has 2 aromatic rings. The number of aliphatic hydroxyl groups excluding tert-OH is 1.